The summed E-state index contributed by atoms with van der Waals surface area (Å²) in [7, 11) is 0. The van der Waals surface area contributed by atoms with E-state index in [1.807, 2.05) is 0 Å². The molecule has 2 nitrogen and oxygen atoms in total. The van der Waals surface area contributed by atoms with Crippen molar-refractivity contribution in [2.75, 3.05) is 4.90 Å². The molecule has 2 aliphatic carbocycles. The van der Waals surface area contributed by atoms with Crippen LogP contribution >= 0.6 is 0 Å². The monoisotopic (exact) mass is 746 g/mol. The molecule has 0 amide bonds. The van der Waals surface area contributed by atoms with Crippen LogP contribution in [0.15, 0.2) is 170 Å². The highest BCUT2D eigenvalue weighted by molar-refractivity contribution is 6.09. The first kappa shape index (κ1) is 34.6. The van der Waals surface area contributed by atoms with Crippen LogP contribution in [0.25, 0.3) is 60.9 Å². The third kappa shape index (κ3) is 4.97. The van der Waals surface area contributed by atoms with Gasteiger partial charge in [-0.25, -0.2) is 0 Å². The van der Waals surface area contributed by atoms with Crippen LogP contribution in [0.3, 0.4) is 0 Å². The van der Waals surface area contributed by atoms with Crippen molar-refractivity contribution in [2.24, 2.45) is 0 Å². The number of aryl methyl sites for hydroxylation is 2. The van der Waals surface area contributed by atoms with Crippen molar-refractivity contribution in [3.8, 4) is 39.1 Å². The number of aromatic nitrogens is 1. The van der Waals surface area contributed by atoms with Crippen molar-refractivity contribution in [3.63, 3.8) is 0 Å². The van der Waals surface area contributed by atoms with Gasteiger partial charge < -0.3 is 9.47 Å². The van der Waals surface area contributed by atoms with E-state index in [0.717, 1.165) is 17.1 Å². The zero-order valence-corrected chi connectivity index (χ0v) is 34.1. The SMILES string of the molecule is Cc1cc2c(cc1C)C(C)(C)c1ccc(N(c3ccc(-c4ccc(-n5c6ccccc6c6ccccc65)cc4)cc3)c3ccc4c(c3)C(C)(C)c3ccccc3-4)cc1-2. The molecule has 1 heterocycles. The predicted molar refractivity (Wildman–Crippen MR) is 246 cm³/mol. The fourth-order valence-electron chi connectivity index (χ4n) is 10.2. The van der Waals surface area contributed by atoms with Crippen LogP contribution in [0, 0.1) is 13.8 Å². The van der Waals surface area contributed by atoms with E-state index in [9.17, 15) is 0 Å². The van der Waals surface area contributed by atoms with Gasteiger partial charge in [-0.2, -0.15) is 0 Å². The summed E-state index contributed by atoms with van der Waals surface area (Å²) in [6, 6.07) is 63.5. The molecule has 0 spiro atoms. The third-order valence-corrected chi connectivity index (χ3v) is 13.5. The second-order valence-corrected chi connectivity index (χ2v) is 17.5. The van der Waals surface area contributed by atoms with Gasteiger partial charge in [-0.05, 0) is 141 Å². The summed E-state index contributed by atoms with van der Waals surface area (Å²) in [4.78, 5) is 2.46. The first-order valence-corrected chi connectivity index (χ1v) is 20.6. The summed E-state index contributed by atoms with van der Waals surface area (Å²) in [6.07, 6.45) is 0. The van der Waals surface area contributed by atoms with E-state index in [1.165, 1.54) is 94.3 Å². The molecule has 0 radical (unpaired) electrons. The number of nitrogens with zero attached hydrogens (tertiary/aromatic N) is 2. The van der Waals surface area contributed by atoms with Gasteiger partial charge in [0, 0.05) is 44.4 Å². The van der Waals surface area contributed by atoms with E-state index >= 15 is 0 Å². The van der Waals surface area contributed by atoms with Gasteiger partial charge in [0.05, 0.1) is 11.0 Å². The number of anilines is 3. The van der Waals surface area contributed by atoms with E-state index in [4.69, 9.17) is 0 Å². The van der Waals surface area contributed by atoms with Crippen molar-refractivity contribution in [3.05, 3.63) is 203 Å². The molecular weight excluding hydrogens is 701 g/mol. The second kappa shape index (κ2) is 12.4. The van der Waals surface area contributed by atoms with E-state index < -0.39 is 0 Å². The van der Waals surface area contributed by atoms with Crippen LogP contribution in [0.1, 0.15) is 61.1 Å². The lowest BCUT2D eigenvalue weighted by atomic mass is 9.81. The second-order valence-electron chi connectivity index (χ2n) is 17.5. The van der Waals surface area contributed by atoms with Gasteiger partial charge in [0.1, 0.15) is 0 Å². The smallest absolute Gasteiger partial charge is 0.0541 e. The Morgan fingerprint density at radius 1 is 0.379 bits per heavy atom. The van der Waals surface area contributed by atoms with E-state index in [-0.39, 0.29) is 10.8 Å². The minimum atomic E-state index is -0.0981. The Hall–Kier alpha value is -6.64. The minimum Gasteiger partial charge on any atom is -0.310 e. The third-order valence-electron chi connectivity index (χ3n) is 13.5. The van der Waals surface area contributed by atoms with Gasteiger partial charge in [0.25, 0.3) is 0 Å². The van der Waals surface area contributed by atoms with Crippen LogP contribution < -0.4 is 4.90 Å². The molecule has 0 fully saturated rings. The van der Waals surface area contributed by atoms with Crippen LogP contribution in [-0.4, -0.2) is 4.57 Å². The molecular formula is C56H46N2. The standard InChI is InChI=1S/C56H46N2/c1-35-31-47-48-33-41(28-30-50(48)56(5,6)51(47)32-36(35)2)57(42-27-29-44-43-13-7-10-16-49(43)55(3,4)52(44)34-42)39-23-19-37(20-24-39)38-21-25-40(26-22-38)58-53-17-11-8-14-45(53)46-15-9-12-18-54(46)58/h7-34H,1-6H3. The van der Waals surface area contributed by atoms with Crippen molar-refractivity contribution >= 4 is 38.9 Å². The fourth-order valence-corrected chi connectivity index (χ4v) is 10.2. The Morgan fingerprint density at radius 2 is 0.862 bits per heavy atom. The van der Waals surface area contributed by atoms with Gasteiger partial charge in [-0.3, -0.25) is 0 Å². The molecule has 0 saturated heterocycles. The maximum atomic E-state index is 2.46. The number of rotatable bonds is 5. The predicted octanol–water partition coefficient (Wildman–Crippen LogP) is 15.1. The Balaban J connectivity index is 1.01. The highest BCUT2D eigenvalue weighted by Gasteiger charge is 2.38. The summed E-state index contributed by atoms with van der Waals surface area (Å²) in [5, 5.41) is 2.56. The average Bonchev–Trinajstić information content (AvgIpc) is 3.78. The summed E-state index contributed by atoms with van der Waals surface area (Å²) in [6.45, 7) is 14.0. The highest BCUT2D eigenvalue weighted by Crippen LogP contribution is 2.53. The number of para-hydroxylation sites is 2. The van der Waals surface area contributed by atoms with Gasteiger partial charge in [0.2, 0.25) is 0 Å². The molecule has 11 rings (SSSR count). The zero-order valence-electron chi connectivity index (χ0n) is 34.1. The first-order valence-electron chi connectivity index (χ1n) is 20.6. The molecule has 2 aliphatic rings. The molecule has 2 heteroatoms. The average molecular weight is 747 g/mol. The van der Waals surface area contributed by atoms with Gasteiger partial charge in [0.15, 0.2) is 0 Å². The van der Waals surface area contributed by atoms with E-state index in [2.05, 4.69) is 221 Å². The van der Waals surface area contributed by atoms with Gasteiger partial charge in [-0.1, -0.05) is 137 Å². The largest absolute Gasteiger partial charge is 0.310 e. The van der Waals surface area contributed by atoms with Crippen LogP contribution in [0.2, 0.25) is 0 Å². The molecule has 0 saturated carbocycles. The van der Waals surface area contributed by atoms with Gasteiger partial charge in [-0.15, -0.1) is 0 Å². The number of benzene rings is 8. The molecule has 280 valence electrons. The zero-order chi connectivity index (χ0) is 39.5. The Bertz CT molecular complexity index is 3070. The lowest BCUT2D eigenvalue weighted by Crippen LogP contribution is -2.17. The molecule has 0 N–H and O–H groups in total. The lowest BCUT2D eigenvalue weighted by Gasteiger charge is -2.29. The number of fused-ring (bicyclic) bond motifs is 9. The normalized spacial score (nSPS) is 14.3. The van der Waals surface area contributed by atoms with Crippen molar-refractivity contribution in [2.45, 2.75) is 52.4 Å². The summed E-state index contributed by atoms with van der Waals surface area (Å²) in [5.41, 5.74) is 22.9. The molecule has 0 unspecified atom stereocenters. The first-order chi connectivity index (χ1) is 28.1. The topological polar surface area (TPSA) is 8.17 Å². The maximum Gasteiger partial charge on any atom is 0.0541 e. The van der Waals surface area contributed by atoms with Crippen LogP contribution in [0.5, 0.6) is 0 Å². The molecule has 58 heavy (non-hydrogen) atoms. The highest BCUT2D eigenvalue weighted by atomic mass is 15.1. The van der Waals surface area contributed by atoms with Crippen molar-refractivity contribution < 1.29 is 0 Å². The Morgan fingerprint density at radius 3 is 1.55 bits per heavy atom. The molecule has 0 bridgehead atoms. The van der Waals surface area contributed by atoms with Crippen LogP contribution in [-0.2, 0) is 10.8 Å². The Kier molecular flexibility index (Phi) is 7.41. The number of hydrogen-bond donors (Lipinski definition) is 0. The fraction of sp³-hybridized carbons (Fsp3) is 0.143. The van der Waals surface area contributed by atoms with E-state index in [1.54, 1.807) is 0 Å². The molecule has 0 atom stereocenters. The van der Waals surface area contributed by atoms with Crippen molar-refractivity contribution in [1.82, 2.24) is 4.57 Å². The maximum absolute atomic E-state index is 2.46. The van der Waals surface area contributed by atoms with Crippen molar-refractivity contribution in [1.29, 1.82) is 0 Å². The minimum absolute atomic E-state index is 0.0609. The molecule has 0 aliphatic heterocycles. The van der Waals surface area contributed by atoms with Crippen LogP contribution in [0.4, 0.5) is 17.1 Å². The molecule has 8 aromatic carbocycles. The van der Waals surface area contributed by atoms with Gasteiger partial charge >= 0.3 is 0 Å². The summed E-state index contributed by atoms with van der Waals surface area (Å²) >= 11 is 0. The lowest BCUT2D eigenvalue weighted by molar-refractivity contribution is 0.659. The quantitative estimate of drug-likeness (QED) is 0.170. The number of hydrogen-bond acceptors (Lipinski definition) is 1. The Labute approximate surface area is 341 Å². The molecule has 9 aromatic rings. The summed E-state index contributed by atoms with van der Waals surface area (Å²) in [5.74, 6) is 0. The molecule has 1 aromatic heterocycles. The van der Waals surface area contributed by atoms with E-state index in [0.29, 0.717) is 0 Å². The summed E-state index contributed by atoms with van der Waals surface area (Å²) < 4.78 is 2.38.